The Balaban J connectivity index is 3.03. The Labute approximate surface area is 128 Å². The molecule has 1 rings (SSSR count). The van der Waals surface area contributed by atoms with Gasteiger partial charge in [0, 0.05) is 17.2 Å². The van der Waals surface area contributed by atoms with Gasteiger partial charge >= 0.3 is 0 Å². The minimum Gasteiger partial charge on any atom is -0.307 e. The molecule has 1 aromatic heterocycles. The monoisotopic (exact) mass is 364 g/mol. The van der Waals surface area contributed by atoms with Crippen molar-refractivity contribution in [2.45, 2.75) is 32.6 Å². The van der Waals surface area contributed by atoms with Crippen LogP contribution in [0.2, 0.25) is 0 Å². The number of anilines is 1. The van der Waals surface area contributed by atoms with E-state index in [1.54, 1.807) is 0 Å². The van der Waals surface area contributed by atoms with Crippen LogP contribution in [0.15, 0.2) is 21.6 Å². The van der Waals surface area contributed by atoms with Crippen molar-refractivity contribution in [3.05, 3.63) is 16.7 Å². The van der Waals surface area contributed by atoms with Gasteiger partial charge in [-0.3, -0.25) is 0 Å². The fourth-order valence-corrected chi connectivity index (χ4v) is 3.15. The van der Waals surface area contributed by atoms with Crippen LogP contribution in [0.25, 0.3) is 0 Å². The number of halogens is 1. The largest absolute Gasteiger partial charge is 0.307 e. The first-order chi connectivity index (χ1) is 9.10. The van der Waals surface area contributed by atoms with Gasteiger partial charge in [0.2, 0.25) is 10.0 Å². The van der Waals surface area contributed by atoms with E-state index in [-0.39, 0.29) is 16.1 Å². The van der Waals surface area contributed by atoms with E-state index in [0.29, 0.717) is 16.9 Å². The molecule has 0 aliphatic carbocycles. The highest BCUT2D eigenvalue weighted by molar-refractivity contribution is 9.10. The molecule has 0 radical (unpaired) electrons. The number of hydrazine groups is 1. The van der Waals surface area contributed by atoms with Gasteiger partial charge in [-0.1, -0.05) is 27.7 Å². The number of sulfonamides is 1. The van der Waals surface area contributed by atoms with Crippen molar-refractivity contribution in [3.8, 4) is 0 Å². The smallest absolute Gasteiger partial charge is 0.244 e. The Morgan fingerprint density at radius 3 is 2.55 bits per heavy atom. The predicted molar refractivity (Wildman–Crippen MR) is 83.6 cm³/mol. The zero-order chi connectivity index (χ0) is 15.6. The van der Waals surface area contributed by atoms with E-state index in [2.05, 4.69) is 44.9 Å². The third kappa shape index (κ3) is 4.15. The molecular weight excluding hydrogens is 344 g/mol. The van der Waals surface area contributed by atoms with Gasteiger partial charge in [0.05, 0.1) is 0 Å². The van der Waals surface area contributed by atoms with E-state index in [1.165, 1.54) is 12.3 Å². The summed E-state index contributed by atoms with van der Waals surface area (Å²) in [5.74, 6) is 5.77. The van der Waals surface area contributed by atoms with Crippen molar-refractivity contribution in [2.24, 2.45) is 17.2 Å². The molecule has 0 atom stereocenters. The maximum absolute atomic E-state index is 12.4. The number of hydrogen-bond acceptors (Lipinski definition) is 5. The summed E-state index contributed by atoms with van der Waals surface area (Å²) >= 11 is 3.21. The Kier molecular flexibility index (Phi) is 5.54. The van der Waals surface area contributed by atoms with Crippen molar-refractivity contribution < 1.29 is 8.42 Å². The number of rotatable bonds is 6. The molecule has 0 aromatic carbocycles. The Morgan fingerprint density at radius 2 is 2.05 bits per heavy atom. The minimum atomic E-state index is -3.68. The molecule has 0 aliphatic rings. The van der Waals surface area contributed by atoms with Crippen LogP contribution in [0.4, 0.5) is 5.82 Å². The van der Waals surface area contributed by atoms with E-state index in [9.17, 15) is 8.42 Å². The van der Waals surface area contributed by atoms with Gasteiger partial charge in [-0.25, -0.2) is 24.0 Å². The molecule has 0 amide bonds. The van der Waals surface area contributed by atoms with E-state index < -0.39 is 10.0 Å². The lowest BCUT2D eigenvalue weighted by atomic mass is 9.81. The van der Waals surface area contributed by atoms with Crippen LogP contribution in [0, 0.1) is 11.3 Å². The number of nitrogens with zero attached hydrogens (tertiary/aromatic N) is 1. The summed E-state index contributed by atoms with van der Waals surface area (Å²) in [6, 6.07) is 1.47. The first-order valence-corrected chi connectivity index (χ1v) is 8.49. The van der Waals surface area contributed by atoms with Gasteiger partial charge < -0.3 is 5.43 Å². The van der Waals surface area contributed by atoms with Crippen LogP contribution < -0.4 is 16.0 Å². The summed E-state index contributed by atoms with van der Waals surface area (Å²) in [6.07, 6.45) is 1.48. The molecule has 0 bridgehead atoms. The molecule has 1 aromatic rings. The zero-order valence-electron chi connectivity index (χ0n) is 12.1. The number of pyridine rings is 1. The van der Waals surface area contributed by atoms with Gasteiger partial charge in [0.15, 0.2) is 5.82 Å². The first kappa shape index (κ1) is 17.4. The lowest BCUT2D eigenvalue weighted by molar-refractivity contribution is 0.252. The van der Waals surface area contributed by atoms with Crippen LogP contribution in [-0.4, -0.2) is 19.9 Å². The van der Waals surface area contributed by atoms with Gasteiger partial charge in [-0.15, -0.1) is 0 Å². The normalized spacial score (nSPS) is 12.8. The predicted octanol–water partition coefficient (Wildman–Crippen LogP) is 2.09. The van der Waals surface area contributed by atoms with Crippen molar-refractivity contribution in [2.75, 3.05) is 12.0 Å². The summed E-state index contributed by atoms with van der Waals surface area (Å²) in [4.78, 5) is 3.96. The van der Waals surface area contributed by atoms with Crippen molar-refractivity contribution in [3.63, 3.8) is 0 Å². The van der Waals surface area contributed by atoms with Gasteiger partial charge in [0.25, 0.3) is 0 Å². The number of hydrogen-bond donors (Lipinski definition) is 3. The Morgan fingerprint density at radius 1 is 1.45 bits per heavy atom. The van der Waals surface area contributed by atoms with Gasteiger partial charge in [0.1, 0.15) is 4.90 Å². The van der Waals surface area contributed by atoms with Crippen LogP contribution >= 0.6 is 15.9 Å². The van der Waals surface area contributed by atoms with Crippen molar-refractivity contribution in [1.29, 1.82) is 0 Å². The average Bonchev–Trinajstić information content (AvgIpc) is 2.36. The summed E-state index contributed by atoms with van der Waals surface area (Å²) < 4.78 is 27.9. The Hall–Kier alpha value is -0.700. The molecule has 0 fully saturated rings. The molecule has 0 unspecified atom stereocenters. The lowest BCUT2D eigenvalue weighted by Crippen LogP contribution is -2.37. The lowest BCUT2D eigenvalue weighted by Gasteiger charge is -2.29. The highest BCUT2D eigenvalue weighted by Crippen LogP contribution is 2.27. The molecule has 0 saturated heterocycles. The summed E-state index contributed by atoms with van der Waals surface area (Å²) in [7, 11) is -3.68. The van der Waals surface area contributed by atoms with Crippen LogP contribution in [0.3, 0.4) is 0 Å². The van der Waals surface area contributed by atoms with E-state index in [1.807, 2.05) is 13.8 Å². The third-order valence-electron chi connectivity index (χ3n) is 3.53. The van der Waals surface area contributed by atoms with Gasteiger partial charge in [-0.05, 0) is 33.3 Å². The standard InChI is InChI=1S/C12H21BrN4O2S/c1-8(2)12(3,4)7-16-20(18,19)10-5-9(13)6-15-11(10)17-14/h5-6,8,16H,7,14H2,1-4H3,(H,15,17). The first-order valence-electron chi connectivity index (χ1n) is 6.22. The maximum atomic E-state index is 12.4. The number of nitrogens with one attached hydrogen (secondary N) is 2. The highest BCUT2D eigenvalue weighted by atomic mass is 79.9. The van der Waals surface area contributed by atoms with E-state index >= 15 is 0 Å². The van der Waals surface area contributed by atoms with E-state index in [4.69, 9.17) is 5.84 Å². The highest BCUT2D eigenvalue weighted by Gasteiger charge is 2.27. The molecule has 114 valence electrons. The summed E-state index contributed by atoms with van der Waals surface area (Å²) in [5, 5.41) is 0. The third-order valence-corrected chi connectivity index (χ3v) is 5.37. The molecule has 0 spiro atoms. The van der Waals surface area contributed by atoms with Gasteiger partial charge in [-0.2, -0.15) is 0 Å². The fraction of sp³-hybridized carbons (Fsp3) is 0.583. The van der Waals surface area contributed by atoms with Crippen LogP contribution in [-0.2, 0) is 10.0 Å². The molecule has 8 heteroatoms. The van der Waals surface area contributed by atoms with Crippen LogP contribution in [0.1, 0.15) is 27.7 Å². The molecule has 20 heavy (non-hydrogen) atoms. The molecule has 0 aliphatic heterocycles. The quantitative estimate of drug-likeness (QED) is 0.530. The average molecular weight is 365 g/mol. The molecular formula is C12H21BrN4O2S. The molecule has 1 heterocycles. The van der Waals surface area contributed by atoms with Crippen molar-refractivity contribution in [1.82, 2.24) is 9.71 Å². The minimum absolute atomic E-state index is 0.0222. The molecule has 6 nitrogen and oxygen atoms in total. The molecule has 0 saturated carbocycles. The number of aromatic nitrogens is 1. The summed E-state index contributed by atoms with van der Waals surface area (Å²) in [6.45, 7) is 8.48. The van der Waals surface area contributed by atoms with E-state index in [0.717, 1.165) is 0 Å². The van der Waals surface area contributed by atoms with Crippen LogP contribution in [0.5, 0.6) is 0 Å². The number of nitrogens with two attached hydrogens (primary N) is 1. The Bertz CT molecular complexity index is 573. The molecule has 4 N–H and O–H groups in total. The summed E-state index contributed by atoms with van der Waals surface area (Å²) in [5.41, 5.74) is 2.15. The zero-order valence-corrected chi connectivity index (χ0v) is 14.5. The maximum Gasteiger partial charge on any atom is 0.244 e. The second-order valence-electron chi connectivity index (χ2n) is 5.61. The van der Waals surface area contributed by atoms with Crippen molar-refractivity contribution >= 4 is 31.8 Å². The second kappa shape index (κ2) is 6.38. The second-order valence-corrected chi connectivity index (χ2v) is 8.26. The SMILES string of the molecule is CC(C)C(C)(C)CNS(=O)(=O)c1cc(Br)cnc1NN. The number of nitrogen functional groups attached to an aromatic ring is 1. The topological polar surface area (TPSA) is 97.1 Å². The fourth-order valence-electron chi connectivity index (χ4n) is 1.30.